The first kappa shape index (κ1) is 26.4. The standard InChI is InChI=1S/C29H29N5O7/c35-26-17-39-24-7-8-25(31-27(24)32-26)34-16-22(41-29(34)38)9-10-30-13-18-3-1-4-19(11-18)20-5-2-6-21(12-20)40-23-14-33(15-23)28(36)37/h1-8,11-12,22-23,30H,9-10,13-17H2,(H,36,37)(H,31,32,35)/t22-/m0/s1. The molecule has 41 heavy (non-hydrogen) atoms. The van der Waals surface area contributed by atoms with Crippen LogP contribution in [-0.2, 0) is 16.1 Å². The van der Waals surface area contributed by atoms with E-state index in [0.29, 0.717) is 62.3 Å². The number of nitrogens with one attached hydrogen (secondary N) is 2. The lowest BCUT2D eigenvalue weighted by atomic mass is 10.0. The van der Waals surface area contributed by atoms with Gasteiger partial charge in [0, 0.05) is 6.54 Å². The molecule has 4 heterocycles. The van der Waals surface area contributed by atoms with Crippen molar-refractivity contribution < 1.29 is 33.7 Å². The van der Waals surface area contributed by atoms with Crippen LogP contribution in [0.5, 0.6) is 11.5 Å². The summed E-state index contributed by atoms with van der Waals surface area (Å²) in [7, 11) is 0. The van der Waals surface area contributed by atoms with Crippen LogP contribution < -0.4 is 25.0 Å². The summed E-state index contributed by atoms with van der Waals surface area (Å²) in [5, 5.41) is 15.1. The van der Waals surface area contributed by atoms with Gasteiger partial charge >= 0.3 is 12.2 Å². The summed E-state index contributed by atoms with van der Waals surface area (Å²) in [6.07, 6.45) is -1.18. The number of carboxylic acid groups (broad SMARTS) is 1. The molecule has 6 rings (SSSR count). The van der Waals surface area contributed by atoms with Crippen molar-refractivity contribution in [3.05, 3.63) is 66.2 Å². The molecule has 212 valence electrons. The summed E-state index contributed by atoms with van der Waals surface area (Å²) in [5.74, 6) is 1.59. The second-order valence-corrected chi connectivity index (χ2v) is 10.1. The molecule has 3 N–H and O–H groups in total. The van der Waals surface area contributed by atoms with E-state index in [2.05, 4.69) is 21.7 Å². The van der Waals surface area contributed by atoms with Crippen molar-refractivity contribution in [1.29, 1.82) is 0 Å². The number of pyridine rings is 1. The van der Waals surface area contributed by atoms with Crippen molar-refractivity contribution in [1.82, 2.24) is 15.2 Å². The number of benzene rings is 2. The topological polar surface area (TPSA) is 143 Å². The Kier molecular flexibility index (Phi) is 7.30. The number of likely N-dealkylation sites (tertiary alicyclic amines) is 1. The molecule has 3 amide bonds. The molecule has 1 atom stereocenters. The fourth-order valence-corrected chi connectivity index (χ4v) is 4.93. The highest BCUT2D eigenvalue weighted by molar-refractivity contribution is 5.95. The molecule has 2 saturated heterocycles. The second kappa shape index (κ2) is 11.3. The predicted molar refractivity (Wildman–Crippen MR) is 148 cm³/mol. The molecular weight excluding hydrogens is 530 g/mol. The Bertz CT molecular complexity index is 1480. The van der Waals surface area contributed by atoms with Crippen LogP contribution in [0, 0.1) is 0 Å². The van der Waals surface area contributed by atoms with E-state index in [4.69, 9.17) is 19.3 Å². The quantitative estimate of drug-likeness (QED) is 0.337. The molecule has 12 nitrogen and oxygen atoms in total. The highest BCUT2D eigenvalue weighted by atomic mass is 16.6. The maximum atomic E-state index is 12.5. The Balaban J connectivity index is 0.986. The van der Waals surface area contributed by atoms with Crippen molar-refractivity contribution in [2.45, 2.75) is 25.2 Å². The molecule has 0 aliphatic carbocycles. The highest BCUT2D eigenvalue weighted by Crippen LogP contribution is 2.30. The molecule has 3 aromatic rings. The molecule has 3 aliphatic rings. The number of carbonyl (C=O) groups is 3. The van der Waals surface area contributed by atoms with Crippen LogP contribution in [0.2, 0.25) is 0 Å². The van der Waals surface area contributed by atoms with Gasteiger partial charge < -0.3 is 34.9 Å². The van der Waals surface area contributed by atoms with E-state index in [1.54, 1.807) is 12.1 Å². The van der Waals surface area contributed by atoms with E-state index in [0.717, 1.165) is 16.7 Å². The third-order valence-corrected chi connectivity index (χ3v) is 7.10. The van der Waals surface area contributed by atoms with Crippen molar-refractivity contribution in [2.75, 3.05) is 43.0 Å². The first-order chi connectivity index (χ1) is 19.9. The van der Waals surface area contributed by atoms with E-state index in [1.165, 1.54) is 9.80 Å². The first-order valence-electron chi connectivity index (χ1n) is 13.4. The molecule has 0 unspecified atom stereocenters. The van der Waals surface area contributed by atoms with E-state index in [1.807, 2.05) is 42.5 Å². The minimum absolute atomic E-state index is 0.0572. The van der Waals surface area contributed by atoms with Gasteiger partial charge in [-0.15, -0.1) is 0 Å². The summed E-state index contributed by atoms with van der Waals surface area (Å²) in [6, 6.07) is 19.4. The van der Waals surface area contributed by atoms with E-state index >= 15 is 0 Å². The molecule has 2 fully saturated rings. The highest BCUT2D eigenvalue weighted by Gasteiger charge is 2.34. The van der Waals surface area contributed by atoms with Crippen LogP contribution in [0.3, 0.4) is 0 Å². The van der Waals surface area contributed by atoms with Crippen molar-refractivity contribution in [3.63, 3.8) is 0 Å². The molecule has 3 aliphatic heterocycles. The summed E-state index contributed by atoms with van der Waals surface area (Å²) >= 11 is 0. The smallest absolute Gasteiger partial charge is 0.415 e. The number of amides is 3. The van der Waals surface area contributed by atoms with Crippen LogP contribution in [0.1, 0.15) is 12.0 Å². The van der Waals surface area contributed by atoms with E-state index < -0.39 is 12.2 Å². The van der Waals surface area contributed by atoms with Gasteiger partial charge in [-0.05, 0) is 60.0 Å². The van der Waals surface area contributed by atoms with Crippen LogP contribution in [0.4, 0.5) is 21.2 Å². The van der Waals surface area contributed by atoms with Gasteiger partial charge in [0.15, 0.2) is 18.2 Å². The van der Waals surface area contributed by atoms with E-state index in [-0.39, 0.29) is 24.7 Å². The van der Waals surface area contributed by atoms with Crippen LogP contribution >= 0.6 is 0 Å². The Morgan fingerprint density at radius 3 is 2.71 bits per heavy atom. The normalized spacial score (nSPS) is 18.2. The molecule has 12 heteroatoms. The average molecular weight is 560 g/mol. The fraction of sp³-hybridized carbons (Fsp3) is 0.310. The number of nitrogens with zero attached hydrogens (tertiary/aromatic N) is 3. The number of hydrogen-bond donors (Lipinski definition) is 3. The van der Waals surface area contributed by atoms with Gasteiger partial charge in [-0.2, -0.15) is 0 Å². The van der Waals surface area contributed by atoms with Gasteiger partial charge in [-0.3, -0.25) is 9.69 Å². The Labute approximate surface area is 235 Å². The van der Waals surface area contributed by atoms with Crippen LogP contribution in [-0.4, -0.2) is 78.1 Å². The Hall–Kier alpha value is -4.84. The number of ether oxygens (including phenoxy) is 3. The van der Waals surface area contributed by atoms with Gasteiger partial charge in [-0.1, -0.05) is 30.3 Å². The molecular formula is C29H29N5O7. The van der Waals surface area contributed by atoms with Crippen molar-refractivity contribution in [2.24, 2.45) is 0 Å². The zero-order valence-corrected chi connectivity index (χ0v) is 22.1. The minimum Gasteiger partial charge on any atom is -0.487 e. The number of carbonyl (C=O) groups excluding carboxylic acids is 2. The lowest BCUT2D eigenvalue weighted by Crippen LogP contribution is -2.55. The third kappa shape index (κ3) is 6.02. The van der Waals surface area contributed by atoms with Gasteiger partial charge in [0.2, 0.25) is 0 Å². The van der Waals surface area contributed by atoms with E-state index in [9.17, 15) is 14.4 Å². The predicted octanol–water partition coefficient (Wildman–Crippen LogP) is 3.33. The summed E-state index contributed by atoms with van der Waals surface area (Å²) in [6.45, 7) is 2.35. The van der Waals surface area contributed by atoms with Crippen LogP contribution in [0.25, 0.3) is 11.1 Å². The largest absolute Gasteiger partial charge is 0.487 e. The number of fused-ring (bicyclic) bond motifs is 1. The number of aromatic nitrogens is 1. The van der Waals surface area contributed by atoms with Gasteiger partial charge in [-0.25, -0.2) is 14.6 Å². The van der Waals surface area contributed by atoms with Crippen molar-refractivity contribution in [3.8, 4) is 22.6 Å². The lowest BCUT2D eigenvalue weighted by molar-refractivity contribution is -0.118. The summed E-state index contributed by atoms with van der Waals surface area (Å²) < 4.78 is 16.8. The number of rotatable bonds is 9. The van der Waals surface area contributed by atoms with Gasteiger partial charge in [0.1, 0.15) is 23.8 Å². The molecule has 0 spiro atoms. The molecule has 0 radical (unpaired) electrons. The maximum absolute atomic E-state index is 12.5. The third-order valence-electron chi connectivity index (χ3n) is 7.10. The zero-order chi connectivity index (χ0) is 28.3. The Morgan fingerprint density at radius 1 is 1.07 bits per heavy atom. The minimum atomic E-state index is -0.925. The van der Waals surface area contributed by atoms with Gasteiger partial charge in [0.25, 0.3) is 5.91 Å². The van der Waals surface area contributed by atoms with Gasteiger partial charge in [0.05, 0.1) is 19.6 Å². The number of hydrogen-bond acceptors (Lipinski definition) is 8. The second-order valence-electron chi connectivity index (χ2n) is 10.1. The molecule has 2 aromatic carbocycles. The Morgan fingerprint density at radius 2 is 1.88 bits per heavy atom. The molecule has 0 saturated carbocycles. The molecule has 1 aromatic heterocycles. The SMILES string of the molecule is O=C1COc2ccc(N3C[C@H](CCNCc4cccc(-c5cccc(OC6CN(C(=O)O)C6)c5)c4)OC3=O)nc2N1. The summed E-state index contributed by atoms with van der Waals surface area (Å²) in [4.78, 5) is 42.2. The first-order valence-corrected chi connectivity index (χ1v) is 13.4. The lowest BCUT2D eigenvalue weighted by Gasteiger charge is -2.36. The fourth-order valence-electron chi connectivity index (χ4n) is 4.93. The average Bonchev–Trinajstić information content (AvgIpc) is 3.32. The number of cyclic esters (lactones) is 1. The zero-order valence-electron chi connectivity index (χ0n) is 22.1. The van der Waals surface area contributed by atoms with Crippen LogP contribution in [0.15, 0.2) is 60.7 Å². The van der Waals surface area contributed by atoms with Crippen molar-refractivity contribution >= 4 is 29.7 Å². The number of anilines is 2. The monoisotopic (exact) mass is 559 g/mol. The molecule has 0 bridgehead atoms. The maximum Gasteiger partial charge on any atom is 0.415 e. The summed E-state index contributed by atoms with van der Waals surface area (Å²) in [5.41, 5.74) is 3.17.